The van der Waals surface area contributed by atoms with Crippen molar-refractivity contribution in [2.24, 2.45) is 0 Å². The van der Waals surface area contributed by atoms with Gasteiger partial charge in [0.05, 0.1) is 6.10 Å². The number of nitrogens with one attached hydrogen (secondary N) is 1. The number of carbonyl (C=O) groups is 1. The first-order chi connectivity index (χ1) is 12.1. The second-order valence-corrected chi connectivity index (χ2v) is 5.90. The van der Waals surface area contributed by atoms with Crippen LogP contribution in [0.2, 0.25) is 0 Å². The monoisotopic (exact) mass is 347 g/mol. The summed E-state index contributed by atoms with van der Waals surface area (Å²) in [7, 11) is 0. The predicted octanol–water partition coefficient (Wildman–Crippen LogP) is 3.45. The maximum absolute atomic E-state index is 13.2. The molecule has 2 aromatic rings. The van der Waals surface area contributed by atoms with Crippen LogP contribution < -0.4 is 10.1 Å². The molecule has 1 N–H and O–H groups in total. The Morgan fingerprint density at radius 2 is 1.96 bits per heavy atom. The summed E-state index contributed by atoms with van der Waals surface area (Å²) >= 11 is 0. The van der Waals surface area contributed by atoms with Gasteiger partial charge in [0.25, 0.3) is 5.91 Å². The molecule has 1 saturated heterocycles. The highest BCUT2D eigenvalue weighted by atomic mass is 19.2. The number of ether oxygens (including phenoxy) is 2. The highest BCUT2D eigenvalue weighted by Crippen LogP contribution is 2.17. The van der Waals surface area contributed by atoms with Crippen molar-refractivity contribution in [2.75, 3.05) is 13.2 Å². The van der Waals surface area contributed by atoms with Gasteiger partial charge < -0.3 is 14.8 Å². The zero-order valence-corrected chi connectivity index (χ0v) is 13.6. The van der Waals surface area contributed by atoms with Gasteiger partial charge in [-0.25, -0.2) is 8.78 Å². The van der Waals surface area contributed by atoms with Crippen molar-refractivity contribution >= 4 is 5.91 Å². The molecule has 1 atom stereocenters. The molecule has 0 spiro atoms. The van der Waals surface area contributed by atoms with E-state index in [1.807, 2.05) is 24.3 Å². The van der Waals surface area contributed by atoms with Crippen LogP contribution >= 0.6 is 0 Å². The Labute approximate surface area is 144 Å². The van der Waals surface area contributed by atoms with Gasteiger partial charge in [-0.15, -0.1) is 0 Å². The number of hydrogen-bond donors (Lipinski definition) is 1. The first-order valence-corrected chi connectivity index (χ1v) is 8.18. The molecule has 1 heterocycles. The molecule has 0 radical (unpaired) electrons. The quantitative estimate of drug-likeness (QED) is 0.871. The molecule has 4 nitrogen and oxygen atoms in total. The van der Waals surface area contributed by atoms with Crippen molar-refractivity contribution in [2.45, 2.75) is 25.5 Å². The topological polar surface area (TPSA) is 47.6 Å². The first-order valence-electron chi connectivity index (χ1n) is 8.18. The lowest BCUT2D eigenvalue weighted by molar-refractivity contribution is 0.0679. The van der Waals surface area contributed by atoms with Gasteiger partial charge in [-0.1, -0.05) is 12.1 Å². The summed E-state index contributed by atoms with van der Waals surface area (Å²) in [5.74, 6) is -1.74. The third kappa shape index (κ3) is 4.76. The summed E-state index contributed by atoms with van der Waals surface area (Å²) in [5, 5.41) is 2.67. The number of carbonyl (C=O) groups excluding carboxylic acids is 1. The molecular formula is C19H19F2NO3. The van der Waals surface area contributed by atoms with E-state index >= 15 is 0 Å². The Bertz CT molecular complexity index is 728. The fourth-order valence-corrected chi connectivity index (χ4v) is 2.59. The third-order valence-corrected chi connectivity index (χ3v) is 4.02. The highest BCUT2D eigenvalue weighted by molar-refractivity contribution is 5.94. The van der Waals surface area contributed by atoms with Gasteiger partial charge in [0.1, 0.15) is 12.4 Å². The van der Waals surface area contributed by atoms with E-state index in [1.54, 1.807) is 0 Å². The number of hydrogen-bond acceptors (Lipinski definition) is 3. The number of rotatable bonds is 6. The zero-order valence-electron chi connectivity index (χ0n) is 13.6. The summed E-state index contributed by atoms with van der Waals surface area (Å²) < 4.78 is 37.2. The summed E-state index contributed by atoms with van der Waals surface area (Å²) in [6, 6.07) is 10.4. The van der Waals surface area contributed by atoms with E-state index in [0.29, 0.717) is 6.61 Å². The minimum absolute atomic E-state index is 0.0791. The molecule has 0 saturated carbocycles. The molecule has 1 aliphatic heterocycles. The summed E-state index contributed by atoms with van der Waals surface area (Å²) in [6.45, 7) is 1.61. The van der Waals surface area contributed by atoms with Crippen molar-refractivity contribution in [3.05, 3.63) is 65.2 Å². The SMILES string of the molecule is O=C(NCc1ccc(OCC2CCCO2)cc1)c1ccc(F)c(F)c1. The average molecular weight is 347 g/mol. The standard InChI is InChI=1S/C19H19F2NO3/c20-17-8-5-14(10-18(17)21)19(23)22-11-13-3-6-15(7-4-13)25-12-16-2-1-9-24-16/h3-8,10,16H,1-2,9,11-12H2,(H,22,23). The molecule has 1 aliphatic rings. The minimum atomic E-state index is -1.04. The van der Waals surface area contributed by atoms with E-state index in [4.69, 9.17) is 9.47 Å². The summed E-state index contributed by atoms with van der Waals surface area (Å²) in [4.78, 5) is 12.0. The van der Waals surface area contributed by atoms with Crippen molar-refractivity contribution in [1.82, 2.24) is 5.32 Å². The predicted molar refractivity (Wildman–Crippen MR) is 88.4 cm³/mol. The summed E-state index contributed by atoms with van der Waals surface area (Å²) in [6.07, 6.45) is 2.26. The lowest BCUT2D eigenvalue weighted by Gasteiger charge is -2.12. The van der Waals surface area contributed by atoms with E-state index in [2.05, 4.69) is 5.32 Å². The van der Waals surface area contributed by atoms with E-state index in [1.165, 1.54) is 6.07 Å². The number of amides is 1. The lowest BCUT2D eigenvalue weighted by Crippen LogP contribution is -2.23. The second kappa shape index (κ2) is 8.07. The Morgan fingerprint density at radius 1 is 1.16 bits per heavy atom. The van der Waals surface area contributed by atoms with Gasteiger partial charge in [0.2, 0.25) is 0 Å². The van der Waals surface area contributed by atoms with E-state index in [-0.39, 0.29) is 18.2 Å². The Balaban J connectivity index is 1.49. The van der Waals surface area contributed by atoms with Gasteiger partial charge in [0.15, 0.2) is 11.6 Å². The van der Waals surface area contributed by atoms with Gasteiger partial charge >= 0.3 is 0 Å². The normalized spacial score (nSPS) is 16.6. The van der Waals surface area contributed by atoms with Crippen LogP contribution in [0.25, 0.3) is 0 Å². The smallest absolute Gasteiger partial charge is 0.251 e. The molecule has 3 rings (SSSR count). The Hall–Kier alpha value is -2.47. The van der Waals surface area contributed by atoms with E-state index in [9.17, 15) is 13.6 Å². The molecule has 1 amide bonds. The minimum Gasteiger partial charge on any atom is -0.491 e. The fraction of sp³-hybridized carbons (Fsp3) is 0.316. The molecule has 0 aliphatic carbocycles. The zero-order chi connectivity index (χ0) is 17.6. The molecule has 6 heteroatoms. The van der Waals surface area contributed by atoms with Crippen molar-refractivity contribution in [3.63, 3.8) is 0 Å². The molecule has 0 aromatic heterocycles. The fourth-order valence-electron chi connectivity index (χ4n) is 2.59. The van der Waals surface area contributed by atoms with Crippen LogP contribution in [-0.2, 0) is 11.3 Å². The average Bonchev–Trinajstić information content (AvgIpc) is 3.14. The van der Waals surface area contributed by atoms with Crippen molar-refractivity contribution in [3.8, 4) is 5.75 Å². The van der Waals surface area contributed by atoms with Crippen LogP contribution in [0, 0.1) is 11.6 Å². The van der Waals surface area contributed by atoms with Crippen LogP contribution in [-0.4, -0.2) is 25.2 Å². The maximum atomic E-state index is 13.2. The number of benzene rings is 2. The lowest BCUT2D eigenvalue weighted by atomic mass is 10.2. The Morgan fingerprint density at radius 3 is 2.64 bits per heavy atom. The van der Waals surface area contributed by atoms with Crippen LogP contribution in [0.4, 0.5) is 8.78 Å². The molecular weight excluding hydrogens is 328 g/mol. The maximum Gasteiger partial charge on any atom is 0.251 e. The second-order valence-electron chi connectivity index (χ2n) is 5.90. The highest BCUT2D eigenvalue weighted by Gasteiger charge is 2.16. The van der Waals surface area contributed by atoms with E-state index < -0.39 is 17.5 Å². The van der Waals surface area contributed by atoms with Gasteiger partial charge in [-0.3, -0.25) is 4.79 Å². The molecule has 1 fully saturated rings. The van der Waals surface area contributed by atoms with Crippen LogP contribution in [0.15, 0.2) is 42.5 Å². The third-order valence-electron chi connectivity index (χ3n) is 4.02. The van der Waals surface area contributed by atoms with Crippen molar-refractivity contribution < 1.29 is 23.0 Å². The van der Waals surface area contributed by atoms with Crippen molar-refractivity contribution in [1.29, 1.82) is 0 Å². The Kier molecular flexibility index (Phi) is 5.60. The first kappa shape index (κ1) is 17.4. The largest absolute Gasteiger partial charge is 0.491 e. The molecule has 25 heavy (non-hydrogen) atoms. The van der Waals surface area contributed by atoms with E-state index in [0.717, 1.165) is 42.9 Å². The van der Waals surface area contributed by atoms with Crippen LogP contribution in [0.3, 0.4) is 0 Å². The van der Waals surface area contributed by atoms with Crippen LogP contribution in [0.5, 0.6) is 5.75 Å². The van der Waals surface area contributed by atoms with Gasteiger partial charge in [-0.2, -0.15) is 0 Å². The molecule has 2 aromatic carbocycles. The number of halogens is 2. The van der Waals surface area contributed by atoms with Gasteiger partial charge in [0, 0.05) is 18.7 Å². The van der Waals surface area contributed by atoms with Gasteiger partial charge in [-0.05, 0) is 48.7 Å². The van der Waals surface area contributed by atoms with Crippen LogP contribution in [0.1, 0.15) is 28.8 Å². The molecule has 0 bridgehead atoms. The molecule has 132 valence electrons. The summed E-state index contributed by atoms with van der Waals surface area (Å²) in [5.41, 5.74) is 0.954. The molecule has 1 unspecified atom stereocenters.